The standard InChI is InChI=1S/C9H7FN2S/c10-8-3-1-7(2-4-8)5-9-11-6-13-12-9/h1-4,6H,5H2. The molecule has 0 fully saturated rings. The second kappa shape index (κ2) is 3.62. The third-order valence-electron chi connectivity index (χ3n) is 1.68. The van der Waals surface area contributed by atoms with Gasteiger partial charge < -0.3 is 0 Å². The summed E-state index contributed by atoms with van der Waals surface area (Å²) in [6.45, 7) is 0. The van der Waals surface area contributed by atoms with Gasteiger partial charge in [0.05, 0.1) is 0 Å². The highest BCUT2D eigenvalue weighted by molar-refractivity contribution is 7.03. The van der Waals surface area contributed by atoms with E-state index < -0.39 is 0 Å². The van der Waals surface area contributed by atoms with E-state index in [9.17, 15) is 4.39 Å². The first kappa shape index (κ1) is 8.31. The van der Waals surface area contributed by atoms with Gasteiger partial charge in [0, 0.05) is 6.42 Å². The molecule has 0 amide bonds. The fourth-order valence-electron chi connectivity index (χ4n) is 1.06. The second-order valence-electron chi connectivity index (χ2n) is 2.65. The summed E-state index contributed by atoms with van der Waals surface area (Å²) in [4.78, 5) is 4.05. The molecule has 13 heavy (non-hydrogen) atoms. The van der Waals surface area contributed by atoms with Crippen LogP contribution in [0.1, 0.15) is 11.4 Å². The van der Waals surface area contributed by atoms with Crippen molar-refractivity contribution in [3.63, 3.8) is 0 Å². The molecule has 0 saturated heterocycles. The topological polar surface area (TPSA) is 25.8 Å². The van der Waals surface area contributed by atoms with Gasteiger partial charge in [-0.05, 0) is 29.2 Å². The van der Waals surface area contributed by atoms with Gasteiger partial charge in [-0.25, -0.2) is 9.37 Å². The zero-order chi connectivity index (χ0) is 9.10. The molecule has 1 heterocycles. The van der Waals surface area contributed by atoms with Gasteiger partial charge in [-0.15, -0.1) is 0 Å². The number of hydrogen-bond donors (Lipinski definition) is 0. The Morgan fingerprint density at radius 2 is 2.00 bits per heavy atom. The summed E-state index contributed by atoms with van der Waals surface area (Å²) in [5.41, 5.74) is 2.72. The molecule has 0 radical (unpaired) electrons. The maximum Gasteiger partial charge on any atom is 0.146 e. The van der Waals surface area contributed by atoms with Gasteiger partial charge in [-0.2, -0.15) is 4.37 Å². The lowest BCUT2D eigenvalue weighted by Gasteiger charge is -1.95. The Bertz CT molecular complexity index is 369. The summed E-state index contributed by atoms with van der Waals surface area (Å²) in [5, 5.41) is 0. The molecule has 0 bridgehead atoms. The predicted octanol–water partition coefficient (Wildman–Crippen LogP) is 2.27. The monoisotopic (exact) mass is 194 g/mol. The highest BCUT2D eigenvalue weighted by Gasteiger charge is 1.99. The molecule has 2 rings (SSSR count). The number of benzene rings is 1. The van der Waals surface area contributed by atoms with Crippen LogP contribution < -0.4 is 0 Å². The molecule has 1 aromatic heterocycles. The van der Waals surface area contributed by atoms with Gasteiger partial charge in [0.15, 0.2) is 0 Å². The summed E-state index contributed by atoms with van der Waals surface area (Å²) >= 11 is 1.33. The molecule has 2 nitrogen and oxygen atoms in total. The minimum atomic E-state index is -0.213. The molecule has 0 N–H and O–H groups in total. The van der Waals surface area contributed by atoms with Crippen molar-refractivity contribution in [3.8, 4) is 0 Å². The van der Waals surface area contributed by atoms with Crippen molar-refractivity contribution >= 4 is 11.5 Å². The SMILES string of the molecule is Fc1ccc(Cc2ncsn2)cc1. The van der Waals surface area contributed by atoms with E-state index in [0.29, 0.717) is 6.42 Å². The van der Waals surface area contributed by atoms with Crippen LogP contribution in [0.3, 0.4) is 0 Å². The predicted molar refractivity (Wildman–Crippen MR) is 49.1 cm³/mol. The van der Waals surface area contributed by atoms with E-state index in [0.717, 1.165) is 11.4 Å². The third-order valence-corrected chi connectivity index (χ3v) is 2.20. The average Bonchev–Trinajstić information content (AvgIpc) is 2.62. The van der Waals surface area contributed by atoms with Crippen LogP contribution in [-0.4, -0.2) is 9.36 Å². The fourth-order valence-corrected chi connectivity index (χ4v) is 1.50. The summed E-state index contributed by atoms with van der Waals surface area (Å²) in [6, 6.07) is 6.39. The number of nitrogens with zero attached hydrogens (tertiary/aromatic N) is 2. The molecule has 0 aliphatic rings. The van der Waals surface area contributed by atoms with Gasteiger partial charge in [0.1, 0.15) is 17.2 Å². The van der Waals surface area contributed by atoms with E-state index in [1.807, 2.05) is 0 Å². The first-order chi connectivity index (χ1) is 6.34. The molecule has 0 aliphatic carbocycles. The van der Waals surface area contributed by atoms with Crippen molar-refractivity contribution in [3.05, 3.63) is 47.0 Å². The van der Waals surface area contributed by atoms with Gasteiger partial charge in [0.2, 0.25) is 0 Å². The highest BCUT2D eigenvalue weighted by Crippen LogP contribution is 2.07. The van der Waals surface area contributed by atoms with E-state index in [4.69, 9.17) is 0 Å². The fraction of sp³-hybridized carbons (Fsp3) is 0.111. The van der Waals surface area contributed by atoms with E-state index >= 15 is 0 Å². The van der Waals surface area contributed by atoms with Crippen LogP contribution >= 0.6 is 11.5 Å². The zero-order valence-corrected chi connectivity index (χ0v) is 7.59. The lowest BCUT2D eigenvalue weighted by atomic mass is 10.1. The molecule has 0 spiro atoms. The lowest BCUT2D eigenvalue weighted by molar-refractivity contribution is 0.627. The van der Waals surface area contributed by atoms with Gasteiger partial charge >= 0.3 is 0 Å². The molecular weight excluding hydrogens is 187 g/mol. The molecule has 1 aromatic carbocycles. The maximum atomic E-state index is 12.5. The summed E-state index contributed by atoms with van der Waals surface area (Å²) < 4.78 is 16.6. The van der Waals surface area contributed by atoms with Crippen molar-refractivity contribution in [2.24, 2.45) is 0 Å². The highest BCUT2D eigenvalue weighted by atomic mass is 32.1. The smallest absolute Gasteiger partial charge is 0.146 e. The Morgan fingerprint density at radius 3 is 2.62 bits per heavy atom. The molecule has 0 aliphatic heterocycles. The van der Waals surface area contributed by atoms with Crippen LogP contribution in [-0.2, 0) is 6.42 Å². The Hall–Kier alpha value is -1.29. The molecule has 0 saturated carbocycles. The van der Waals surface area contributed by atoms with Crippen LogP contribution in [0.5, 0.6) is 0 Å². The second-order valence-corrected chi connectivity index (χ2v) is 3.25. The van der Waals surface area contributed by atoms with Crippen molar-refractivity contribution < 1.29 is 4.39 Å². The Balaban J connectivity index is 2.15. The number of hydrogen-bond acceptors (Lipinski definition) is 3. The normalized spacial score (nSPS) is 10.2. The lowest BCUT2D eigenvalue weighted by Crippen LogP contribution is -1.89. The first-order valence-electron chi connectivity index (χ1n) is 3.84. The Kier molecular flexibility index (Phi) is 2.31. The van der Waals surface area contributed by atoms with Crippen molar-refractivity contribution in [1.29, 1.82) is 0 Å². The minimum absolute atomic E-state index is 0.213. The van der Waals surface area contributed by atoms with Crippen LogP contribution in [0.25, 0.3) is 0 Å². The summed E-state index contributed by atoms with van der Waals surface area (Å²) in [6.07, 6.45) is 0.670. The quantitative estimate of drug-likeness (QED) is 0.732. The summed E-state index contributed by atoms with van der Waals surface area (Å²) in [7, 11) is 0. The van der Waals surface area contributed by atoms with Gasteiger partial charge in [0.25, 0.3) is 0 Å². The molecule has 4 heteroatoms. The molecule has 0 atom stereocenters. The molecule has 2 aromatic rings. The largest absolute Gasteiger partial charge is 0.228 e. The molecule has 0 unspecified atom stereocenters. The average molecular weight is 194 g/mol. The van der Waals surface area contributed by atoms with Crippen LogP contribution in [0, 0.1) is 5.82 Å². The van der Waals surface area contributed by atoms with Gasteiger partial charge in [-0.3, -0.25) is 0 Å². The maximum absolute atomic E-state index is 12.5. The number of rotatable bonds is 2. The number of halogens is 1. The van der Waals surface area contributed by atoms with Crippen LogP contribution in [0.2, 0.25) is 0 Å². The Morgan fingerprint density at radius 1 is 1.23 bits per heavy atom. The van der Waals surface area contributed by atoms with Gasteiger partial charge in [-0.1, -0.05) is 12.1 Å². The first-order valence-corrected chi connectivity index (χ1v) is 4.68. The van der Waals surface area contributed by atoms with E-state index in [1.165, 1.54) is 23.7 Å². The Labute approximate surface area is 79.2 Å². The van der Waals surface area contributed by atoms with E-state index in [-0.39, 0.29) is 5.82 Å². The molecule has 66 valence electrons. The number of aromatic nitrogens is 2. The van der Waals surface area contributed by atoms with Crippen LogP contribution in [0.15, 0.2) is 29.8 Å². The van der Waals surface area contributed by atoms with E-state index in [2.05, 4.69) is 9.36 Å². The molecular formula is C9H7FN2S. The zero-order valence-electron chi connectivity index (χ0n) is 6.77. The van der Waals surface area contributed by atoms with Crippen molar-refractivity contribution in [2.45, 2.75) is 6.42 Å². The summed E-state index contributed by atoms with van der Waals surface area (Å²) in [5.74, 6) is 0.576. The van der Waals surface area contributed by atoms with Crippen molar-refractivity contribution in [1.82, 2.24) is 9.36 Å². The van der Waals surface area contributed by atoms with Crippen molar-refractivity contribution in [2.75, 3.05) is 0 Å². The van der Waals surface area contributed by atoms with Crippen LogP contribution in [0.4, 0.5) is 4.39 Å². The van der Waals surface area contributed by atoms with E-state index in [1.54, 1.807) is 17.6 Å². The minimum Gasteiger partial charge on any atom is -0.228 e. The third kappa shape index (κ3) is 2.09.